The lowest BCUT2D eigenvalue weighted by Gasteiger charge is -2.16. The molecule has 0 aliphatic heterocycles. The van der Waals surface area contributed by atoms with Crippen LogP contribution in [0.25, 0.3) is 0 Å². The fourth-order valence-corrected chi connectivity index (χ4v) is 2.24. The number of rotatable bonds is 6. The SMILES string of the molecule is CC(=O)CC(C)Oc1ccccc1Cc1ccccc1. The summed E-state index contributed by atoms with van der Waals surface area (Å²) in [6.07, 6.45) is 1.19. The van der Waals surface area contributed by atoms with E-state index in [0.717, 1.165) is 17.7 Å². The second kappa shape index (κ2) is 6.90. The van der Waals surface area contributed by atoms with Crippen LogP contribution in [0.15, 0.2) is 54.6 Å². The van der Waals surface area contributed by atoms with Crippen molar-refractivity contribution in [3.8, 4) is 5.75 Å². The third-order valence-corrected chi connectivity index (χ3v) is 3.11. The molecule has 0 radical (unpaired) electrons. The van der Waals surface area contributed by atoms with E-state index < -0.39 is 0 Å². The number of ether oxygens (including phenoxy) is 1. The summed E-state index contributed by atoms with van der Waals surface area (Å²) in [7, 11) is 0. The third-order valence-electron chi connectivity index (χ3n) is 3.11. The molecule has 0 bridgehead atoms. The molecule has 1 unspecified atom stereocenters. The molecule has 0 N–H and O–H groups in total. The molecule has 2 nitrogen and oxygen atoms in total. The van der Waals surface area contributed by atoms with Crippen LogP contribution in [-0.2, 0) is 11.2 Å². The highest BCUT2D eigenvalue weighted by molar-refractivity contribution is 5.75. The molecule has 0 spiro atoms. The molecule has 0 aliphatic carbocycles. The number of benzene rings is 2. The van der Waals surface area contributed by atoms with Gasteiger partial charge in [-0.15, -0.1) is 0 Å². The van der Waals surface area contributed by atoms with Gasteiger partial charge in [-0.1, -0.05) is 48.5 Å². The van der Waals surface area contributed by atoms with Gasteiger partial charge in [-0.3, -0.25) is 4.79 Å². The zero-order valence-electron chi connectivity index (χ0n) is 12.0. The summed E-state index contributed by atoms with van der Waals surface area (Å²) in [5.74, 6) is 1.02. The van der Waals surface area contributed by atoms with Crippen molar-refractivity contribution in [2.24, 2.45) is 0 Å². The molecule has 0 saturated carbocycles. The van der Waals surface area contributed by atoms with Crippen molar-refractivity contribution in [3.05, 3.63) is 65.7 Å². The van der Waals surface area contributed by atoms with Crippen molar-refractivity contribution in [3.63, 3.8) is 0 Å². The van der Waals surface area contributed by atoms with Crippen LogP contribution in [0.4, 0.5) is 0 Å². The normalized spacial score (nSPS) is 11.9. The van der Waals surface area contributed by atoms with Gasteiger partial charge in [0, 0.05) is 12.8 Å². The van der Waals surface area contributed by atoms with Crippen molar-refractivity contribution in [2.75, 3.05) is 0 Å². The predicted molar refractivity (Wildman–Crippen MR) is 81.1 cm³/mol. The lowest BCUT2D eigenvalue weighted by molar-refractivity contribution is -0.118. The molecule has 2 aromatic carbocycles. The predicted octanol–water partition coefficient (Wildman–Crippen LogP) is 4.02. The first-order valence-corrected chi connectivity index (χ1v) is 6.93. The van der Waals surface area contributed by atoms with Gasteiger partial charge in [0.15, 0.2) is 0 Å². The van der Waals surface area contributed by atoms with Crippen molar-refractivity contribution in [2.45, 2.75) is 32.8 Å². The smallest absolute Gasteiger partial charge is 0.133 e. The Kier molecular flexibility index (Phi) is 4.94. The van der Waals surface area contributed by atoms with Crippen LogP contribution in [0.2, 0.25) is 0 Å². The van der Waals surface area contributed by atoms with E-state index in [1.807, 2.05) is 43.3 Å². The van der Waals surface area contributed by atoms with Gasteiger partial charge in [-0.2, -0.15) is 0 Å². The van der Waals surface area contributed by atoms with Crippen LogP contribution in [0.1, 0.15) is 31.4 Å². The molecule has 20 heavy (non-hydrogen) atoms. The van der Waals surface area contributed by atoms with Crippen LogP contribution in [-0.4, -0.2) is 11.9 Å². The molecule has 2 aromatic rings. The quantitative estimate of drug-likeness (QED) is 0.791. The standard InChI is InChI=1S/C18H20O2/c1-14(19)12-15(2)20-18-11-7-6-10-17(18)13-16-8-4-3-5-9-16/h3-11,15H,12-13H2,1-2H3. The molecule has 1 atom stereocenters. The highest BCUT2D eigenvalue weighted by Crippen LogP contribution is 2.23. The Bertz CT molecular complexity index is 561. The van der Waals surface area contributed by atoms with E-state index >= 15 is 0 Å². The fourth-order valence-electron chi connectivity index (χ4n) is 2.24. The summed E-state index contributed by atoms with van der Waals surface area (Å²) in [4.78, 5) is 11.1. The summed E-state index contributed by atoms with van der Waals surface area (Å²) in [6.45, 7) is 3.52. The van der Waals surface area contributed by atoms with Crippen LogP contribution >= 0.6 is 0 Å². The number of carbonyl (C=O) groups is 1. The highest BCUT2D eigenvalue weighted by atomic mass is 16.5. The second-order valence-electron chi connectivity index (χ2n) is 5.10. The van der Waals surface area contributed by atoms with E-state index in [0.29, 0.717) is 6.42 Å². The minimum atomic E-state index is -0.0931. The summed E-state index contributed by atoms with van der Waals surface area (Å²) in [6, 6.07) is 18.3. The average Bonchev–Trinajstić information content (AvgIpc) is 2.41. The Balaban J connectivity index is 2.12. The average molecular weight is 268 g/mol. The van der Waals surface area contributed by atoms with Gasteiger partial charge in [0.25, 0.3) is 0 Å². The number of carbonyl (C=O) groups excluding carboxylic acids is 1. The topological polar surface area (TPSA) is 26.3 Å². The van der Waals surface area contributed by atoms with Crippen molar-refractivity contribution in [1.82, 2.24) is 0 Å². The first-order valence-electron chi connectivity index (χ1n) is 6.93. The number of ketones is 1. The number of para-hydroxylation sites is 1. The van der Waals surface area contributed by atoms with E-state index in [4.69, 9.17) is 4.74 Å². The van der Waals surface area contributed by atoms with Crippen LogP contribution < -0.4 is 4.74 Å². The van der Waals surface area contributed by atoms with Gasteiger partial charge < -0.3 is 4.74 Å². The maximum Gasteiger partial charge on any atom is 0.133 e. The maximum absolute atomic E-state index is 11.1. The van der Waals surface area contributed by atoms with Crippen LogP contribution in [0, 0.1) is 0 Å². The Morgan fingerprint density at radius 3 is 2.40 bits per heavy atom. The van der Waals surface area contributed by atoms with Crippen molar-refractivity contribution < 1.29 is 9.53 Å². The molecule has 2 rings (SSSR count). The van der Waals surface area contributed by atoms with Crippen LogP contribution in [0.3, 0.4) is 0 Å². The van der Waals surface area contributed by atoms with Crippen LogP contribution in [0.5, 0.6) is 5.75 Å². The van der Waals surface area contributed by atoms with Gasteiger partial charge in [-0.05, 0) is 31.0 Å². The molecule has 0 heterocycles. The fraction of sp³-hybridized carbons (Fsp3) is 0.278. The summed E-state index contributed by atoms with van der Waals surface area (Å²) >= 11 is 0. The molecule has 0 aliphatic rings. The third kappa shape index (κ3) is 4.23. The Hall–Kier alpha value is -2.09. The second-order valence-corrected chi connectivity index (χ2v) is 5.10. The van der Waals surface area contributed by atoms with Crippen molar-refractivity contribution in [1.29, 1.82) is 0 Å². The van der Waals surface area contributed by atoms with E-state index in [2.05, 4.69) is 18.2 Å². The zero-order chi connectivity index (χ0) is 14.4. The monoisotopic (exact) mass is 268 g/mol. The van der Waals surface area contributed by atoms with Gasteiger partial charge in [0.2, 0.25) is 0 Å². The Labute approximate surface area is 120 Å². The van der Waals surface area contributed by atoms with Crippen molar-refractivity contribution >= 4 is 5.78 Å². The van der Waals surface area contributed by atoms with E-state index in [1.54, 1.807) is 6.92 Å². The van der Waals surface area contributed by atoms with Gasteiger partial charge in [-0.25, -0.2) is 0 Å². The lowest BCUT2D eigenvalue weighted by Crippen LogP contribution is -2.16. The molecule has 0 amide bonds. The first-order chi connectivity index (χ1) is 9.65. The van der Waals surface area contributed by atoms with E-state index in [-0.39, 0.29) is 11.9 Å². The highest BCUT2D eigenvalue weighted by Gasteiger charge is 2.10. The molecular formula is C18H20O2. The molecular weight excluding hydrogens is 248 g/mol. The molecule has 0 fully saturated rings. The molecule has 0 aromatic heterocycles. The molecule has 2 heteroatoms. The van der Waals surface area contributed by atoms with Gasteiger partial charge in [0.1, 0.15) is 17.6 Å². The Morgan fingerprint density at radius 1 is 1.05 bits per heavy atom. The molecule has 0 saturated heterocycles. The first kappa shape index (κ1) is 14.3. The maximum atomic E-state index is 11.1. The van der Waals surface area contributed by atoms with Gasteiger partial charge >= 0.3 is 0 Å². The lowest BCUT2D eigenvalue weighted by atomic mass is 10.0. The largest absolute Gasteiger partial charge is 0.490 e. The van der Waals surface area contributed by atoms with E-state index in [1.165, 1.54) is 5.56 Å². The number of hydrogen-bond donors (Lipinski definition) is 0. The van der Waals surface area contributed by atoms with E-state index in [9.17, 15) is 4.79 Å². The summed E-state index contributed by atoms with van der Waals surface area (Å²) in [5.41, 5.74) is 2.40. The van der Waals surface area contributed by atoms with Gasteiger partial charge in [0.05, 0.1) is 0 Å². The minimum Gasteiger partial charge on any atom is -0.490 e. The molecule has 104 valence electrons. The number of hydrogen-bond acceptors (Lipinski definition) is 2. The Morgan fingerprint density at radius 2 is 1.70 bits per heavy atom. The number of Topliss-reactive ketones (excluding diaryl/α,β-unsaturated/α-hetero) is 1. The zero-order valence-corrected chi connectivity index (χ0v) is 12.0. The summed E-state index contributed by atoms with van der Waals surface area (Å²) < 4.78 is 5.91. The summed E-state index contributed by atoms with van der Waals surface area (Å²) in [5, 5.41) is 0. The minimum absolute atomic E-state index is 0.0931.